The summed E-state index contributed by atoms with van der Waals surface area (Å²) in [4.78, 5) is 22.7. The Morgan fingerprint density at radius 2 is 1.88 bits per heavy atom. The van der Waals surface area contributed by atoms with Crippen molar-refractivity contribution < 1.29 is 23.8 Å². The molecule has 0 spiro atoms. The number of aliphatic hydroxyl groups excluding tert-OH is 1. The largest absolute Gasteiger partial charge is 0.491 e. The van der Waals surface area contributed by atoms with Crippen LogP contribution in [0.5, 0.6) is 5.75 Å². The Kier molecular flexibility index (Phi) is 5.35. The summed E-state index contributed by atoms with van der Waals surface area (Å²) in [6.07, 6.45) is -0.620. The Morgan fingerprint density at radius 3 is 2.52 bits per heavy atom. The molecule has 1 aliphatic heterocycles. The number of rotatable bonds is 6. The van der Waals surface area contributed by atoms with Gasteiger partial charge in [0.15, 0.2) is 0 Å². The second-order valence-corrected chi connectivity index (χ2v) is 6.76. The molecule has 7 heteroatoms. The fourth-order valence-electron chi connectivity index (χ4n) is 2.47. The van der Waals surface area contributed by atoms with E-state index in [0.717, 1.165) is 17.3 Å². The Bertz CT molecular complexity index is 781. The van der Waals surface area contributed by atoms with E-state index in [9.17, 15) is 19.1 Å². The van der Waals surface area contributed by atoms with Gasteiger partial charge in [-0.15, -0.1) is 0 Å². The molecule has 2 aromatic carbocycles. The van der Waals surface area contributed by atoms with Crippen molar-refractivity contribution in [1.29, 1.82) is 0 Å². The van der Waals surface area contributed by atoms with E-state index in [1.54, 1.807) is 36.4 Å². The third-order valence-electron chi connectivity index (χ3n) is 3.78. The molecule has 1 saturated heterocycles. The third kappa shape index (κ3) is 4.37. The average Bonchev–Trinajstić information content (AvgIpc) is 2.91. The summed E-state index contributed by atoms with van der Waals surface area (Å²) in [7, 11) is 0. The van der Waals surface area contributed by atoms with Gasteiger partial charge in [0.05, 0.1) is 5.25 Å². The van der Waals surface area contributed by atoms with Gasteiger partial charge in [-0.25, -0.2) is 4.39 Å². The van der Waals surface area contributed by atoms with Gasteiger partial charge in [0.2, 0.25) is 5.91 Å². The van der Waals surface area contributed by atoms with E-state index in [4.69, 9.17) is 4.74 Å². The lowest BCUT2D eigenvalue weighted by molar-refractivity contribution is -0.118. The molecule has 5 nitrogen and oxygen atoms in total. The summed E-state index contributed by atoms with van der Waals surface area (Å²) in [5, 5.41) is 11.5. The van der Waals surface area contributed by atoms with Crippen molar-refractivity contribution in [3.05, 3.63) is 65.5 Å². The number of halogens is 1. The summed E-state index contributed by atoms with van der Waals surface area (Å²) in [5.74, 6) is -0.224. The Labute approximate surface area is 148 Å². The summed E-state index contributed by atoms with van der Waals surface area (Å²) >= 11 is 0.986. The van der Waals surface area contributed by atoms with Crippen LogP contribution in [-0.2, 0) is 11.2 Å². The number of hydrogen-bond acceptors (Lipinski definition) is 5. The molecule has 1 fully saturated rings. The first-order valence-corrected chi connectivity index (χ1v) is 8.56. The second kappa shape index (κ2) is 7.67. The van der Waals surface area contributed by atoms with Gasteiger partial charge in [0.25, 0.3) is 5.24 Å². The van der Waals surface area contributed by atoms with Crippen molar-refractivity contribution in [2.45, 2.75) is 17.8 Å². The minimum absolute atomic E-state index is 0.0737. The van der Waals surface area contributed by atoms with Gasteiger partial charge >= 0.3 is 0 Å². The number of benzene rings is 2. The number of amides is 2. The number of aliphatic hydroxyl groups is 1. The second-order valence-electron chi connectivity index (χ2n) is 5.58. The van der Waals surface area contributed by atoms with Crippen LogP contribution in [0.2, 0.25) is 0 Å². The lowest BCUT2D eigenvalue weighted by Crippen LogP contribution is -2.25. The van der Waals surface area contributed by atoms with Crippen LogP contribution in [0.15, 0.2) is 48.5 Å². The Hall–Kier alpha value is -2.38. The molecule has 2 atom stereocenters. The summed E-state index contributed by atoms with van der Waals surface area (Å²) in [6, 6.07) is 13.0. The van der Waals surface area contributed by atoms with Gasteiger partial charge in [0.1, 0.15) is 24.3 Å². The monoisotopic (exact) mass is 361 g/mol. The third-order valence-corrected chi connectivity index (χ3v) is 4.76. The molecule has 0 aliphatic carbocycles. The molecule has 2 N–H and O–H groups in total. The van der Waals surface area contributed by atoms with E-state index in [0.29, 0.717) is 12.2 Å². The van der Waals surface area contributed by atoms with Crippen molar-refractivity contribution in [3.8, 4) is 5.75 Å². The van der Waals surface area contributed by atoms with Gasteiger partial charge in [-0.3, -0.25) is 14.9 Å². The Balaban J connectivity index is 1.55. The average molecular weight is 361 g/mol. The van der Waals surface area contributed by atoms with Gasteiger partial charge in [-0.2, -0.15) is 0 Å². The summed E-state index contributed by atoms with van der Waals surface area (Å²) in [6.45, 7) is -0.0737. The molecule has 3 rings (SSSR count). The molecular weight excluding hydrogens is 345 g/mol. The highest BCUT2D eigenvalue weighted by Crippen LogP contribution is 2.24. The normalized spacial score (nSPS) is 18.1. The van der Waals surface area contributed by atoms with E-state index >= 15 is 0 Å². The fraction of sp³-hybridized carbons (Fsp3) is 0.222. The molecule has 2 amide bonds. The number of carbonyl (C=O) groups is 2. The summed E-state index contributed by atoms with van der Waals surface area (Å²) in [5.41, 5.74) is 1.08. The molecule has 130 valence electrons. The van der Waals surface area contributed by atoms with Gasteiger partial charge in [-0.1, -0.05) is 42.1 Å². The molecular formula is C18H16FNO4S. The predicted octanol–water partition coefficient (Wildman–Crippen LogP) is 2.83. The van der Waals surface area contributed by atoms with Crippen molar-refractivity contribution in [1.82, 2.24) is 5.32 Å². The maximum absolute atomic E-state index is 13.6. The first-order valence-electron chi connectivity index (χ1n) is 7.68. The van der Waals surface area contributed by atoms with Crippen LogP contribution in [0.1, 0.15) is 17.2 Å². The van der Waals surface area contributed by atoms with E-state index in [1.165, 1.54) is 12.1 Å². The molecule has 25 heavy (non-hydrogen) atoms. The summed E-state index contributed by atoms with van der Waals surface area (Å²) < 4.78 is 19.1. The highest BCUT2D eigenvalue weighted by Gasteiger charge is 2.31. The molecule has 0 unspecified atom stereocenters. The molecule has 1 heterocycles. The van der Waals surface area contributed by atoms with E-state index < -0.39 is 17.2 Å². The van der Waals surface area contributed by atoms with Crippen LogP contribution in [0.3, 0.4) is 0 Å². The van der Waals surface area contributed by atoms with E-state index in [1.807, 2.05) is 0 Å². The van der Waals surface area contributed by atoms with E-state index in [2.05, 4.69) is 5.32 Å². The fourth-order valence-corrected chi connectivity index (χ4v) is 3.33. The first-order chi connectivity index (χ1) is 12.0. The van der Waals surface area contributed by atoms with Gasteiger partial charge in [0, 0.05) is 5.56 Å². The van der Waals surface area contributed by atoms with Crippen LogP contribution in [0, 0.1) is 5.82 Å². The van der Waals surface area contributed by atoms with Crippen LogP contribution in [0.25, 0.3) is 0 Å². The number of thioether (sulfide) groups is 1. The maximum Gasteiger partial charge on any atom is 0.286 e. The Morgan fingerprint density at radius 1 is 1.16 bits per heavy atom. The topological polar surface area (TPSA) is 75.6 Å². The van der Waals surface area contributed by atoms with Crippen LogP contribution in [-0.4, -0.2) is 28.1 Å². The predicted molar refractivity (Wildman–Crippen MR) is 91.9 cm³/mol. The van der Waals surface area contributed by atoms with Crippen molar-refractivity contribution >= 4 is 22.9 Å². The van der Waals surface area contributed by atoms with Crippen LogP contribution >= 0.6 is 11.8 Å². The minimum atomic E-state index is -1.06. The zero-order valence-corrected chi connectivity index (χ0v) is 14.0. The standard InChI is InChI=1S/C18H16FNO4S/c19-14-4-2-1-3-13(14)15(21)10-24-12-7-5-11(6-8-12)9-16-17(22)20-18(23)25-16/h1-8,15-16,21H,9-10H2,(H,20,22,23)/t15-,16-/m0/s1. The van der Waals surface area contributed by atoms with Crippen LogP contribution in [0.4, 0.5) is 9.18 Å². The smallest absolute Gasteiger partial charge is 0.286 e. The number of imide groups is 1. The van der Waals surface area contributed by atoms with Gasteiger partial charge in [-0.05, 0) is 30.2 Å². The molecule has 0 radical (unpaired) electrons. The van der Waals surface area contributed by atoms with Crippen molar-refractivity contribution in [2.24, 2.45) is 0 Å². The van der Waals surface area contributed by atoms with E-state index in [-0.39, 0.29) is 23.3 Å². The maximum atomic E-state index is 13.6. The number of carbonyl (C=O) groups excluding carboxylic acids is 2. The highest BCUT2D eigenvalue weighted by atomic mass is 32.2. The highest BCUT2D eigenvalue weighted by molar-refractivity contribution is 8.15. The molecule has 0 saturated carbocycles. The number of nitrogens with one attached hydrogen (secondary N) is 1. The van der Waals surface area contributed by atoms with Gasteiger partial charge < -0.3 is 9.84 Å². The lowest BCUT2D eigenvalue weighted by Gasteiger charge is -2.14. The molecule has 2 aromatic rings. The number of hydrogen-bond donors (Lipinski definition) is 2. The minimum Gasteiger partial charge on any atom is -0.491 e. The SMILES string of the molecule is O=C1NC(=O)[C@H](Cc2ccc(OC[C@H](O)c3ccccc3F)cc2)S1. The van der Waals surface area contributed by atoms with Crippen molar-refractivity contribution in [3.63, 3.8) is 0 Å². The molecule has 1 aliphatic rings. The van der Waals surface area contributed by atoms with Crippen LogP contribution < -0.4 is 10.1 Å². The quantitative estimate of drug-likeness (QED) is 0.827. The lowest BCUT2D eigenvalue weighted by atomic mass is 10.1. The number of ether oxygens (including phenoxy) is 1. The molecule has 0 bridgehead atoms. The zero-order chi connectivity index (χ0) is 17.8. The molecule has 0 aromatic heterocycles. The zero-order valence-electron chi connectivity index (χ0n) is 13.1. The first kappa shape index (κ1) is 17.4. The van der Waals surface area contributed by atoms with Crippen molar-refractivity contribution in [2.75, 3.05) is 6.61 Å².